The molecule has 0 aromatic heterocycles. The summed E-state index contributed by atoms with van der Waals surface area (Å²) < 4.78 is 17.7. The Bertz CT molecular complexity index is 721. The lowest BCUT2D eigenvalue weighted by atomic mass is 9.52. The highest BCUT2D eigenvalue weighted by molar-refractivity contribution is 7.44. The third-order valence-corrected chi connectivity index (χ3v) is 13.0. The van der Waals surface area contributed by atoms with Gasteiger partial charge >= 0.3 is 0 Å². The van der Waals surface area contributed by atoms with Crippen molar-refractivity contribution in [2.45, 2.75) is 161 Å². The summed E-state index contributed by atoms with van der Waals surface area (Å²) in [5.41, 5.74) is 1.06. The van der Waals surface area contributed by atoms with Crippen molar-refractivity contribution in [3.63, 3.8) is 0 Å². The third kappa shape index (κ3) is 8.27. The van der Waals surface area contributed by atoms with Crippen LogP contribution in [-0.4, -0.2) is 30.0 Å². The molecule has 0 spiro atoms. The molecule has 1 saturated heterocycles. The maximum absolute atomic E-state index is 7.51. The minimum atomic E-state index is -1.07. The Kier molecular flexibility index (Phi) is 11.4. The van der Waals surface area contributed by atoms with Gasteiger partial charge in [-0.3, -0.25) is 0 Å². The van der Waals surface area contributed by atoms with Gasteiger partial charge in [-0.2, -0.15) is 0 Å². The Labute approximate surface area is 252 Å². The normalized spacial score (nSPS) is 36.2. The van der Waals surface area contributed by atoms with Crippen molar-refractivity contribution in [2.24, 2.45) is 57.2 Å². The predicted molar refractivity (Wildman–Crippen MR) is 175 cm³/mol. The highest BCUT2D eigenvalue weighted by Gasteiger charge is 2.58. The van der Waals surface area contributed by atoms with E-state index in [2.05, 4.69) is 102 Å². The van der Waals surface area contributed by atoms with Gasteiger partial charge in [0.15, 0.2) is 0 Å². The first-order chi connectivity index (χ1) is 18.3. The topological polar surface area (TPSA) is 21.7 Å². The second-order valence-corrected chi connectivity index (χ2v) is 19.8. The summed E-state index contributed by atoms with van der Waals surface area (Å²) in [5, 5.41) is 0. The molecule has 0 aromatic carbocycles. The number of rotatable bonds is 7. The minimum absolute atomic E-state index is 0.215. The maximum Gasteiger partial charge on any atom is 0.259 e. The van der Waals surface area contributed by atoms with Crippen LogP contribution >= 0.6 is 8.53 Å². The van der Waals surface area contributed by atoms with Crippen molar-refractivity contribution in [3.8, 4) is 0 Å². The quantitative estimate of drug-likeness (QED) is 0.280. The van der Waals surface area contributed by atoms with Crippen LogP contribution in [0.2, 0.25) is 0 Å². The molecule has 236 valence electrons. The summed E-state index contributed by atoms with van der Waals surface area (Å²) in [4.78, 5) is 0. The van der Waals surface area contributed by atoms with Crippen molar-refractivity contribution in [1.29, 1.82) is 0 Å². The second kappa shape index (κ2) is 13.1. The van der Waals surface area contributed by atoms with Gasteiger partial charge in [0.05, 0.1) is 12.2 Å². The van der Waals surface area contributed by atoms with Gasteiger partial charge in [0.25, 0.3) is 8.53 Å². The van der Waals surface area contributed by atoms with Crippen molar-refractivity contribution in [1.82, 2.24) is 4.67 Å². The van der Waals surface area contributed by atoms with Crippen molar-refractivity contribution in [3.05, 3.63) is 0 Å². The van der Waals surface area contributed by atoms with Crippen LogP contribution in [0.1, 0.15) is 148 Å². The molecule has 0 aromatic rings. The number of fused-ring (bicyclic) bond motifs is 3. The third-order valence-electron chi connectivity index (χ3n) is 11.2. The Hall–Kier alpha value is 0.310. The highest BCUT2D eigenvalue weighted by atomic mass is 31.2. The van der Waals surface area contributed by atoms with E-state index >= 15 is 0 Å². The van der Waals surface area contributed by atoms with Gasteiger partial charge in [0.2, 0.25) is 0 Å². The van der Waals surface area contributed by atoms with E-state index in [0.717, 1.165) is 24.9 Å². The zero-order valence-electron chi connectivity index (χ0n) is 29.4. The van der Waals surface area contributed by atoms with Crippen molar-refractivity contribution < 1.29 is 9.05 Å². The second-order valence-electron chi connectivity index (χ2n) is 18.4. The van der Waals surface area contributed by atoms with Gasteiger partial charge in [-0.1, -0.05) is 110 Å². The van der Waals surface area contributed by atoms with E-state index in [-0.39, 0.29) is 10.8 Å². The first kappa shape index (κ1) is 34.8. The van der Waals surface area contributed by atoms with Gasteiger partial charge < -0.3 is 9.05 Å². The van der Waals surface area contributed by atoms with Gasteiger partial charge in [-0.05, 0) is 95.7 Å². The van der Waals surface area contributed by atoms with E-state index in [1.54, 1.807) is 0 Å². The van der Waals surface area contributed by atoms with Crippen LogP contribution in [0.5, 0.6) is 0 Å². The minimum Gasteiger partial charge on any atom is -0.318 e. The Balaban J connectivity index is 2.16. The van der Waals surface area contributed by atoms with E-state index < -0.39 is 8.53 Å². The van der Waals surface area contributed by atoms with E-state index in [0.29, 0.717) is 46.7 Å². The number of hydrogen-bond acceptors (Lipinski definition) is 3. The van der Waals surface area contributed by atoms with E-state index in [1.165, 1.54) is 51.4 Å². The monoisotopic (exact) mass is 580 g/mol. The largest absolute Gasteiger partial charge is 0.318 e. The summed E-state index contributed by atoms with van der Waals surface area (Å²) in [6.45, 7) is 36.7. The number of unbranched alkanes of at least 4 members (excludes halogenated alkanes) is 2. The lowest BCUT2D eigenvalue weighted by Gasteiger charge is -2.55. The molecule has 3 aliphatic rings. The van der Waals surface area contributed by atoms with E-state index in [1.807, 2.05) is 0 Å². The molecule has 1 heterocycles. The molecule has 0 amide bonds. The Morgan fingerprint density at radius 1 is 0.550 bits per heavy atom. The molecule has 8 atom stereocenters. The predicted octanol–water partition coefficient (Wildman–Crippen LogP) is 11.4. The molecule has 0 radical (unpaired) electrons. The summed E-state index contributed by atoms with van der Waals surface area (Å²) in [6.07, 6.45) is 10.6. The average molecular weight is 580 g/mol. The molecule has 1 aliphatic heterocycles. The molecule has 0 bridgehead atoms. The molecule has 0 N–H and O–H groups in total. The molecular formula is C36H70NO2P. The Morgan fingerprint density at radius 2 is 0.900 bits per heavy atom. The van der Waals surface area contributed by atoms with Gasteiger partial charge in [-0.25, -0.2) is 4.67 Å². The van der Waals surface area contributed by atoms with Crippen LogP contribution in [0.15, 0.2) is 0 Å². The average Bonchev–Trinajstić information content (AvgIpc) is 2.97. The van der Waals surface area contributed by atoms with E-state index in [4.69, 9.17) is 9.05 Å². The van der Waals surface area contributed by atoms with Crippen LogP contribution in [0.3, 0.4) is 0 Å². The lowest BCUT2D eigenvalue weighted by molar-refractivity contribution is -0.104. The molecule has 40 heavy (non-hydrogen) atoms. The first-order valence-electron chi connectivity index (χ1n) is 17.2. The Morgan fingerprint density at radius 3 is 1.18 bits per heavy atom. The number of nitrogens with zero attached hydrogens (tertiary/aromatic N) is 1. The van der Waals surface area contributed by atoms with Crippen LogP contribution < -0.4 is 0 Å². The maximum atomic E-state index is 7.51. The van der Waals surface area contributed by atoms with Gasteiger partial charge in [0.1, 0.15) is 0 Å². The summed E-state index contributed by atoms with van der Waals surface area (Å²) >= 11 is 0. The fraction of sp³-hybridized carbons (Fsp3) is 1.00. The fourth-order valence-corrected chi connectivity index (χ4v) is 10.1. The first-order valence-corrected chi connectivity index (χ1v) is 18.3. The molecule has 3 fully saturated rings. The van der Waals surface area contributed by atoms with Gasteiger partial charge in [0, 0.05) is 13.1 Å². The highest BCUT2D eigenvalue weighted by Crippen LogP contribution is 2.64. The molecule has 3 rings (SSSR count). The molecule has 4 heteroatoms. The van der Waals surface area contributed by atoms with Crippen LogP contribution in [0.4, 0.5) is 0 Å². The molecule has 2 aliphatic carbocycles. The number of hydrogen-bond donors (Lipinski definition) is 0. The zero-order chi connectivity index (χ0) is 30.3. The van der Waals surface area contributed by atoms with E-state index in [9.17, 15) is 0 Å². The molecule has 2 saturated carbocycles. The van der Waals surface area contributed by atoms with Crippen LogP contribution in [-0.2, 0) is 9.05 Å². The molecule has 8 unspecified atom stereocenters. The molecule has 3 nitrogen and oxygen atoms in total. The SMILES string of the molecule is CCCCN(CCCC)P1OC2C(CC(C(C)(C)C)CC2C(C)(C)C)C2CC(C(C)(C)C)CC(C(C)(C)C)C2O1. The smallest absolute Gasteiger partial charge is 0.259 e. The van der Waals surface area contributed by atoms with Crippen LogP contribution in [0.25, 0.3) is 0 Å². The summed E-state index contributed by atoms with van der Waals surface area (Å²) in [6, 6.07) is 0. The zero-order valence-corrected chi connectivity index (χ0v) is 30.3. The molecular weight excluding hydrogens is 509 g/mol. The van der Waals surface area contributed by atoms with Gasteiger partial charge in [-0.15, -0.1) is 0 Å². The summed E-state index contributed by atoms with van der Waals surface area (Å²) in [5.74, 6) is 3.73. The van der Waals surface area contributed by atoms with Crippen LogP contribution in [0, 0.1) is 57.2 Å². The standard InChI is InChI=1S/C36H70NO2P/c1-15-17-19-37(20-18-16-2)40-38-31-27(21-25(33(3,4)5)23-29(31)35(9,10)11)28-22-26(34(6,7)8)24-30(32(28)39-40)36(12,13)14/h25-32H,15-24H2,1-14H3. The van der Waals surface area contributed by atoms with Crippen molar-refractivity contribution >= 4 is 8.53 Å². The summed E-state index contributed by atoms with van der Waals surface area (Å²) in [7, 11) is -1.07. The lowest BCUT2D eigenvalue weighted by Crippen LogP contribution is -2.54. The fourth-order valence-electron chi connectivity index (χ4n) is 8.17. The van der Waals surface area contributed by atoms with Crippen molar-refractivity contribution in [2.75, 3.05) is 13.1 Å².